The van der Waals surface area contributed by atoms with Crippen LogP contribution >= 0.6 is 0 Å². The highest BCUT2D eigenvalue weighted by molar-refractivity contribution is 5.71. The van der Waals surface area contributed by atoms with Gasteiger partial charge in [0.15, 0.2) is 6.10 Å². The lowest BCUT2D eigenvalue weighted by Crippen LogP contribution is -2.30. The molecule has 0 bridgehead atoms. The van der Waals surface area contributed by atoms with Crippen LogP contribution in [0.1, 0.15) is 297 Å². The molecule has 70 heavy (non-hydrogen) atoms. The van der Waals surface area contributed by atoms with Crippen LogP contribution in [0.5, 0.6) is 0 Å². The molecule has 1 unspecified atom stereocenters. The lowest BCUT2D eigenvalue weighted by atomic mass is 10.0. The summed E-state index contributed by atoms with van der Waals surface area (Å²) >= 11 is 0. The second-order valence-electron chi connectivity index (χ2n) is 19.9. The SMILES string of the molecule is CC/C=C\C/C=C\C/C=C\C/C=C\C/C=C\CCCCCC(=O)OC(COC(=O)CCCCCCC/C=C\CCCCC)COC(=O)CCCCCCCCCCCCCCCCCCCCCCC. The Morgan fingerprint density at radius 1 is 0.300 bits per heavy atom. The van der Waals surface area contributed by atoms with Crippen molar-refractivity contribution in [2.45, 2.75) is 303 Å². The zero-order valence-electron chi connectivity index (χ0n) is 46.3. The molecule has 6 nitrogen and oxygen atoms in total. The highest BCUT2D eigenvalue weighted by atomic mass is 16.6. The number of carbonyl (C=O) groups is 3. The Morgan fingerprint density at radius 3 is 0.929 bits per heavy atom. The predicted octanol–water partition coefficient (Wildman–Crippen LogP) is 20.2. The number of ether oxygens (including phenoxy) is 3. The molecule has 0 heterocycles. The van der Waals surface area contributed by atoms with E-state index in [9.17, 15) is 14.4 Å². The number of rotatable bonds is 54. The van der Waals surface area contributed by atoms with Crippen LogP contribution in [0.2, 0.25) is 0 Å². The van der Waals surface area contributed by atoms with Crippen molar-refractivity contribution < 1.29 is 28.6 Å². The molecule has 0 aliphatic heterocycles. The molecule has 0 saturated heterocycles. The molecule has 0 aliphatic rings. The van der Waals surface area contributed by atoms with Crippen molar-refractivity contribution in [3.05, 3.63) is 72.9 Å². The van der Waals surface area contributed by atoms with Gasteiger partial charge in [0.1, 0.15) is 13.2 Å². The van der Waals surface area contributed by atoms with Gasteiger partial charge >= 0.3 is 17.9 Å². The van der Waals surface area contributed by atoms with Gasteiger partial charge in [-0.15, -0.1) is 0 Å². The van der Waals surface area contributed by atoms with E-state index >= 15 is 0 Å². The van der Waals surface area contributed by atoms with Crippen LogP contribution < -0.4 is 0 Å². The largest absolute Gasteiger partial charge is 0.462 e. The minimum absolute atomic E-state index is 0.0891. The summed E-state index contributed by atoms with van der Waals surface area (Å²) < 4.78 is 16.8. The summed E-state index contributed by atoms with van der Waals surface area (Å²) in [5.74, 6) is -0.920. The summed E-state index contributed by atoms with van der Waals surface area (Å²) in [6, 6.07) is 0. The normalized spacial score (nSPS) is 12.6. The molecule has 1 atom stereocenters. The molecule has 0 aliphatic carbocycles. The summed E-state index contributed by atoms with van der Waals surface area (Å²) in [7, 11) is 0. The van der Waals surface area contributed by atoms with Crippen LogP contribution in [0.3, 0.4) is 0 Å². The van der Waals surface area contributed by atoms with Gasteiger partial charge in [0.25, 0.3) is 0 Å². The molecule has 0 N–H and O–H groups in total. The topological polar surface area (TPSA) is 78.9 Å². The standard InChI is InChI=1S/C64H112O6/c1-4-7-10-13-16-19-22-25-27-29-31-32-34-35-37-39-42-45-48-51-54-57-63(66)69-60-61(59-68-62(65)56-53-50-47-44-41-24-21-18-15-12-9-6-3)70-64(67)58-55-52-49-46-43-40-38-36-33-30-28-26-23-20-17-14-11-8-5-2/h8,11,17-18,20-21,26,28,33,36,40,43,61H,4-7,9-10,12-16,19,22-25,27,29-32,34-35,37-39,41-42,44-60H2,1-3H3/b11-8-,20-17-,21-18-,28-26-,36-33-,43-40-. The van der Waals surface area contributed by atoms with Gasteiger partial charge in [-0.3, -0.25) is 14.4 Å². The minimum atomic E-state index is -0.795. The van der Waals surface area contributed by atoms with Gasteiger partial charge in [-0.1, -0.05) is 261 Å². The summed E-state index contributed by atoms with van der Waals surface area (Å²) in [6.45, 7) is 6.50. The van der Waals surface area contributed by atoms with Crippen molar-refractivity contribution in [3.8, 4) is 0 Å². The maximum atomic E-state index is 12.9. The van der Waals surface area contributed by atoms with E-state index < -0.39 is 6.10 Å². The predicted molar refractivity (Wildman–Crippen MR) is 302 cm³/mol. The second kappa shape index (κ2) is 58.4. The monoisotopic (exact) mass is 977 g/mol. The third-order valence-corrected chi connectivity index (χ3v) is 12.9. The fraction of sp³-hybridized carbons (Fsp3) is 0.766. The van der Waals surface area contributed by atoms with E-state index in [0.717, 1.165) is 103 Å². The third kappa shape index (κ3) is 55.8. The maximum absolute atomic E-state index is 12.9. The fourth-order valence-corrected chi connectivity index (χ4v) is 8.47. The summed E-state index contributed by atoms with van der Waals surface area (Å²) in [5.41, 5.74) is 0. The molecule has 0 aromatic rings. The Morgan fingerprint density at radius 2 is 0.557 bits per heavy atom. The number of esters is 3. The first-order valence-corrected chi connectivity index (χ1v) is 29.9. The summed E-state index contributed by atoms with van der Waals surface area (Å²) in [4.78, 5) is 38.2. The third-order valence-electron chi connectivity index (χ3n) is 12.9. The van der Waals surface area contributed by atoms with Gasteiger partial charge in [0.2, 0.25) is 0 Å². The van der Waals surface area contributed by atoms with Crippen molar-refractivity contribution >= 4 is 17.9 Å². The number of hydrogen-bond acceptors (Lipinski definition) is 6. The van der Waals surface area contributed by atoms with Crippen LogP contribution in [0.25, 0.3) is 0 Å². The number of unbranched alkanes of at least 4 members (excludes halogenated alkanes) is 31. The van der Waals surface area contributed by atoms with Gasteiger partial charge < -0.3 is 14.2 Å². The lowest BCUT2D eigenvalue weighted by molar-refractivity contribution is -0.167. The van der Waals surface area contributed by atoms with Gasteiger partial charge in [-0.05, 0) is 89.9 Å². The van der Waals surface area contributed by atoms with Gasteiger partial charge in [-0.2, -0.15) is 0 Å². The lowest BCUT2D eigenvalue weighted by Gasteiger charge is -2.18. The molecule has 0 aromatic heterocycles. The first-order chi connectivity index (χ1) is 34.5. The summed E-state index contributed by atoms with van der Waals surface area (Å²) in [5, 5.41) is 0. The Kier molecular flexibility index (Phi) is 55.8. The van der Waals surface area contributed by atoms with E-state index in [1.807, 2.05) is 0 Å². The van der Waals surface area contributed by atoms with Crippen LogP contribution in [0, 0.1) is 0 Å². The first-order valence-electron chi connectivity index (χ1n) is 29.9. The molecule has 0 saturated carbocycles. The van der Waals surface area contributed by atoms with E-state index in [4.69, 9.17) is 14.2 Å². The molecular formula is C64H112O6. The van der Waals surface area contributed by atoms with Crippen LogP contribution in [0.15, 0.2) is 72.9 Å². The van der Waals surface area contributed by atoms with E-state index in [1.165, 1.54) is 154 Å². The Labute approximate surface area is 433 Å². The van der Waals surface area contributed by atoms with Crippen LogP contribution in [0.4, 0.5) is 0 Å². The molecule has 0 spiro atoms. The smallest absolute Gasteiger partial charge is 0.306 e. The van der Waals surface area contributed by atoms with E-state index in [-0.39, 0.29) is 37.5 Å². The molecule has 0 aromatic carbocycles. The molecule has 404 valence electrons. The van der Waals surface area contributed by atoms with Crippen molar-refractivity contribution in [2.75, 3.05) is 13.2 Å². The number of allylic oxidation sites excluding steroid dienone is 12. The maximum Gasteiger partial charge on any atom is 0.306 e. The number of hydrogen-bond donors (Lipinski definition) is 0. The van der Waals surface area contributed by atoms with Crippen LogP contribution in [-0.4, -0.2) is 37.2 Å². The van der Waals surface area contributed by atoms with E-state index in [0.29, 0.717) is 12.8 Å². The Balaban J connectivity index is 4.36. The highest BCUT2D eigenvalue weighted by Crippen LogP contribution is 2.16. The minimum Gasteiger partial charge on any atom is -0.462 e. The van der Waals surface area contributed by atoms with E-state index in [2.05, 4.69) is 93.7 Å². The van der Waals surface area contributed by atoms with Gasteiger partial charge in [0, 0.05) is 19.3 Å². The molecule has 0 fully saturated rings. The summed E-state index contributed by atoms with van der Waals surface area (Å²) in [6.07, 6.45) is 74.7. The molecule has 0 rings (SSSR count). The quantitative estimate of drug-likeness (QED) is 0.0261. The zero-order valence-corrected chi connectivity index (χ0v) is 46.3. The average molecular weight is 978 g/mol. The van der Waals surface area contributed by atoms with Crippen molar-refractivity contribution in [2.24, 2.45) is 0 Å². The van der Waals surface area contributed by atoms with Gasteiger partial charge in [0.05, 0.1) is 0 Å². The molecular weight excluding hydrogens is 865 g/mol. The first kappa shape index (κ1) is 66.9. The zero-order chi connectivity index (χ0) is 50.7. The molecule has 0 amide bonds. The van der Waals surface area contributed by atoms with Crippen LogP contribution in [-0.2, 0) is 28.6 Å². The van der Waals surface area contributed by atoms with E-state index in [1.54, 1.807) is 0 Å². The molecule has 6 heteroatoms. The molecule has 0 radical (unpaired) electrons. The second-order valence-corrected chi connectivity index (χ2v) is 19.9. The number of carbonyl (C=O) groups excluding carboxylic acids is 3. The van der Waals surface area contributed by atoms with Crippen molar-refractivity contribution in [1.82, 2.24) is 0 Å². The Hall–Kier alpha value is -3.15. The fourth-order valence-electron chi connectivity index (χ4n) is 8.47. The van der Waals surface area contributed by atoms with Gasteiger partial charge in [-0.25, -0.2) is 0 Å². The Bertz CT molecular complexity index is 1310. The average Bonchev–Trinajstić information content (AvgIpc) is 3.36. The van der Waals surface area contributed by atoms with Crippen molar-refractivity contribution in [1.29, 1.82) is 0 Å². The van der Waals surface area contributed by atoms with Crippen molar-refractivity contribution in [3.63, 3.8) is 0 Å². The highest BCUT2D eigenvalue weighted by Gasteiger charge is 2.19.